The van der Waals surface area contributed by atoms with Gasteiger partial charge in [-0.05, 0) is 51.8 Å². The summed E-state index contributed by atoms with van der Waals surface area (Å²) in [6.45, 7) is 10.1. The molecule has 1 heterocycles. The van der Waals surface area contributed by atoms with Crippen LogP contribution >= 0.6 is 0 Å². The third-order valence-electron chi connectivity index (χ3n) is 4.41. The topological polar surface area (TPSA) is 66.9 Å². The minimum Gasteiger partial charge on any atom is -0.476 e. The summed E-state index contributed by atoms with van der Waals surface area (Å²) in [5, 5.41) is 0. The van der Waals surface area contributed by atoms with Crippen molar-refractivity contribution in [2.45, 2.75) is 53.1 Å². The molecule has 0 fully saturated rings. The summed E-state index contributed by atoms with van der Waals surface area (Å²) in [6.07, 6.45) is 1.72. The molecule has 2 amide bonds. The highest BCUT2D eigenvalue weighted by atomic mass is 16.5. The number of ketones is 1. The Balaban J connectivity index is 2.39. The van der Waals surface area contributed by atoms with Crippen molar-refractivity contribution >= 4 is 23.3 Å². The van der Waals surface area contributed by atoms with E-state index in [0.717, 1.165) is 12.8 Å². The molecule has 0 aliphatic carbocycles. The van der Waals surface area contributed by atoms with Crippen LogP contribution in [0.3, 0.4) is 0 Å². The molecule has 0 bridgehead atoms. The molecule has 1 aliphatic rings. The van der Waals surface area contributed by atoms with Crippen molar-refractivity contribution in [1.82, 2.24) is 4.90 Å². The van der Waals surface area contributed by atoms with Crippen molar-refractivity contribution in [3.63, 3.8) is 0 Å². The fourth-order valence-corrected chi connectivity index (χ4v) is 3.08. The Morgan fingerprint density at radius 2 is 1.77 bits per heavy atom. The highest BCUT2D eigenvalue weighted by Gasteiger charge is 2.42. The lowest BCUT2D eigenvalue weighted by atomic mass is 10.0. The van der Waals surface area contributed by atoms with Gasteiger partial charge in [-0.15, -0.1) is 0 Å². The molecule has 1 aromatic carbocycles. The van der Waals surface area contributed by atoms with E-state index in [-0.39, 0.29) is 24.1 Å². The standard InChI is InChI=1S/C20H28N2O4/c1-6-10-21(11-7-2)18(24)13-22-16-12-15(14(3)23)8-9-17(16)26-20(4,5)19(22)25/h8-9,12H,6-7,10-11,13H2,1-5H3. The zero-order chi connectivity index (χ0) is 19.5. The van der Waals surface area contributed by atoms with Crippen molar-refractivity contribution in [1.29, 1.82) is 0 Å². The van der Waals surface area contributed by atoms with E-state index in [0.29, 0.717) is 30.1 Å². The molecule has 0 N–H and O–H groups in total. The molecule has 6 heteroatoms. The zero-order valence-corrected chi connectivity index (χ0v) is 16.3. The van der Waals surface area contributed by atoms with E-state index in [2.05, 4.69) is 0 Å². The van der Waals surface area contributed by atoms with Crippen LogP contribution in [-0.4, -0.2) is 47.7 Å². The first kappa shape index (κ1) is 19.9. The lowest BCUT2D eigenvalue weighted by Gasteiger charge is -2.39. The number of carbonyl (C=O) groups excluding carboxylic acids is 3. The van der Waals surface area contributed by atoms with Gasteiger partial charge in [-0.25, -0.2) is 0 Å². The van der Waals surface area contributed by atoms with E-state index in [1.54, 1.807) is 36.9 Å². The fourth-order valence-electron chi connectivity index (χ4n) is 3.08. The van der Waals surface area contributed by atoms with Crippen molar-refractivity contribution in [2.24, 2.45) is 0 Å². The van der Waals surface area contributed by atoms with Crippen LogP contribution in [0.2, 0.25) is 0 Å². The summed E-state index contributed by atoms with van der Waals surface area (Å²) >= 11 is 0. The van der Waals surface area contributed by atoms with Gasteiger partial charge in [-0.3, -0.25) is 19.3 Å². The first-order valence-corrected chi connectivity index (χ1v) is 9.15. The van der Waals surface area contributed by atoms with E-state index in [1.807, 2.05) is 13.8 Å². The summed E-state index contributed by atoms with van der Waals surface area (Å²) < 4.78 is 5.81. The minimum atomic E-state index is -1.06. The van der Waals surface area contributed by atoms with Crippen LogP contribution in [0.5, 0.6) is 5.75 Å². The third kappa shape index (κ3) is 4.06. The van der Waals surface area contributed by atoms with Gasteiger partial charge in [0.25, 0.3) is 5.91 Å². The predicted molar refractivity (Wildman–Crippen MR) is 101 cm³/mol. The van der Waals surface area contributed by atoms with Crippen LogP contribution in [0.25, 0.3) is 0 Å². The maximum atomic E-state index is 12.9. The van der Waals surface area contributed by atoms with Gasteiger partial charge < -0.3 is 9.64 Å². The number of hydrogen-bond acceptors (Lipinski definition) is 4. The van der Waals surface area contributed by atoms with Crippen LogP contribution in [0, 0.1) is 0 Å². The van der Waals surface area contributed by atoms with Crippen LogP contribution in [0.1, 0.15) is 57.8 Å². The number of ether oxygens (including phenoxy) is 1. The van der Waals surface area contributed by atoms with Crippen LogP contribution in [0.4, 0.5) is 5.69 Å². The normalized spacial score (nSPS) is 15.3. The van der Waals surface area contributed by atoms with Gasteiger partial charge in [0.15, 0.2) is 11.4 Å². The third-order valence-corrected chi connectivity index (χ3v) is 4.41. The van der Waals surface area contributed by atoms with Gasteiger partial charge in [0.1, 0.15) is 12.3 Å². The Labute approximate surface area is 155 Å². The molecular weight excluding hydrogens is 332 g/mol. The Hall–Kier alpha value is -2.37. The first-order valence-electron chi connectivity index (χ1n) is 9.15. The summed E-state index contributed by atoms with van der Waals surface area (Å²) in [7, 11) is 0. The number of anilines is 1. The number of Topliss-reactive ketones (excluding diaryl/α,β-unsaturated/α-hetero) is 1. The fraction of sp³-hybridized carbons (Fsp3) is 0.550. The van der Waals surface area contributed by atoms with Gasteiger partial charge in [-0.2, -0.15) is 0 Å². The monoisotopic (exact) mass is 360 g/mol. The number of fused-ring (bicyclic) bond motifs is 1. The molecule has 0 atom stereocenters. The maximum absolute atomic E-state index is 12.9. The Morgan fingerprint density at radius 1 is 1.15 bits per heavy atom. The largest absolute Gasteiger partial charge is 0.476 e. The van der Waals surface area contributed by atoms with E-state index in [4.69, 9.17) is 4.74 Å². The second-order valence-electron chi connectivity index (χ2n) is 7.12. The smallest absolute Gasteiger partial charge is 0.271 e. The van der Waals surface area contributed by atoms with E-state index >= 15 is 0 Å². The molecule has 6 nitrogen and oxygen atoms in total. The van der Waals surface area contributed by atoms with Crippen molar-refractivity contribution in [2.75, 3.05) is 24.5 Å². The Bertz CT molecular complexity index is 706. The lowest BCUT2D eigenvalue weighted by Crippen LogP contribution is -2.55. The molecule has 1 aromatic rings. The Kier molecular flexibility index (Phi) is 6.05. The number of hydrogen-bond donors (Lipinski definition) is 0. The number of nitrogens with zero attached hydrogens (tertiary/aromatic N) is 2. The average Bonchev–Trinajstić information content (AvgIpc) is 2.57. The summed E-state index contributed by atoms with van der Waals surface area (Å²) in [5.74, 6) is 0.0193. The minimum absolute atomic E-state index is 0.0556. The maximum Gasteiger partial charge on any atom is 0.271 e. The van der Waals surface area contributed by atoms with Crippen LogP contribution < -0.4 is 9.64 Å². The molecule has 0 radical (unpaired) electrons. The van der Waals surface area contributed by atoms with Gasteiger partial charge in [0.2, 0.25) is 5.91 Å². The molecule has 1 aliphatic heterocycles. The van der Waals surface area contributed by atoms with Crippen molar-refractivity contribution in [3.8, 4) is 5.75 Å². The highest BCUT2D eigenvalue weighted by molar-refractivity contribution is 6.07. The molecule has 0 aromatic heterocycles. The van der Waals surface area contributed by atoms with E-state index in [9.17, 15) is 14.4 Å². The molecule has 26 heavy (non-hydrogen) atoms. The zero-order valence-electron chi connectivity index (χ0n) is 16.3. The quantitative estimate of drug-likeness (QED) is 0.701. The Morgan fingerprint density at radius 3 is 2.31 bits per heavy atom. The second kappa shape index (κ2) is 7.89. The van der Waals surface area contributed by atoms with Gasteiger partial charge >= 0.3 is 0 Å². The number of amides is 2. The molecule has 142 valence electrons. The summed E-state index contributed by atoms with van der Waals surface area (Å²) in [4.78, 5) is 40.7. The number of carbonyl (C=O) groups is 3. The first-order chi connectivity index (χ1) is 12.2. The second-order valence-corrected chi connectivity index (χ2v) is 7.12. The van der Waals surface area contributed by atoms with Gasteiger partial charge in [0.05, 0.1) is 5.69 Å². The van der Waals surface area contributed by atoms with Crippen molar-refractivity contribution in [3.05, 3.63) is 23.8 Å². The molecule has 2 rings (SSSR count). The molecular formula is C20H28N2O4. The van der Waals surface area contributed by atoms with Crippen molar-refractivity contribution < 1.29 is 19.1 Å². The average molecular weight is 360 g/mol. The van der Waals surface area contributed by atoms with E-state index < -0.39 is 5.60 Å². The van der Waals surface area contributed by atoms with Gasteiger partial charge in [0, 0.05) is 18.7 Å². The molecule has 0 saturated heterocycles. The number of benzene rings is 1. The number of rotatable bonds is 7. The summed E-state index contributed by atoms with van der Waals surface area (Å²) in [5.41, 5.74) is -0.106. The predicted octanol–water partition coefficient (Wildman–Crippen LogP) is 3.04. The van der Waals surface area contributed by atoms with Gasteiger partial charge in [-0.1, -0.05) is 13.8 Å². The SMILES string of the molecule is CCCN(CCC)C(=O)CN1C(=O)C(C)(C)Oc2ccc(C(C)=O)cc21. The van der Waals surface area contributed by atoms with E-state index in [1.165, 1.54) is 11.8 Å². The van der Waals surface area contributed by atoms with Crippen LogP contribution in [-0.2, 0) is 9.59 Å². The lowest BCUT2D eigenvalue weighted by molar-refractivity contribution is -0.136. The molecule has 0 spiro atoms. The molecule has 0 unspecified atom stereocenters. The molecule has 0 saturated carbocycles. The van der Waals surface area contributed by atoms with Crippen LogP contribution in [0.15, 0.2) is 18.2 Å². The highest BCUT2D eigenvalue weighted by Crippen LogP contribution is 2.38. The summed E-state index contributed by atoms with van der Waals surface area (Å²) in [6, 6.07) is 4.99.